The summed E-state index contributed by atoms with van der Waals surface area (Å²) in [6, 6.07) is 9.08. The predicted molar refractivity (Wildman–Crippen MR) is 68.1 cm³/mol. The highest BCUT2D eigenvalue weighted by molar-refractivity contribution is 5.45. The molecule has 0 N–H and O–H groups in total. The van der Waals surface area contributed by atoms with E-state index in [-0.39, 0.29) is 5.56 Å². The molecule has 0 aliphatic carbocycles. The number of benzene rings is 1. The smallest absolute Gasteiger partial charge is 0.255 e. The molecular weight excluding hydrogens is 214 g/mol. The Labute approximate surface area is 100 Å². The van der Waals surface area contributed by atoms with Crippen molar-refractivity contribution in [3.05, 3.63) is 58.0 Å². The minimum atomic E-state index is -0.0242. The average molecular weight is 229 g/mol. The minimum Gasteiger partial charge on any atom is -0.497 e. The first-order valence-corrected chi connectivity index (χ1v) is 5.46. The van der Waals surface area contributed by atoms with Crippen LogP contribution in [0, 0.1) is 13.8 Å². The van der Waals surface area contributed by atoms with Gasteiger partial charge < -0.3 is 4.74 Å². The maximum atomic E-state index is 11.8. The minimum absolute atomic E-state index is 0.0242. The lowest BCUT2D eigenvalue weighted by molar-refractivity contribution is 0.414. The summed E-state index contributed by atoms with van der Waals surface area (Å²) in [5.74, 6) is 0.798. The number of aromatic nitrogens is 1. The van der Waals surface area contributed by atoms with Crippen molar-refractivity contribution >= 4 is 0 Å². The summed E-state index contributed by atoms with van der Waals surface area (Å²) in [4.78, 5) is 11.8. The molecule has 0 spiro atoms. The number of ether oxygens (including phenoxy) is 1. The molecule has 0 aliphatic heterocycles. The van der Waals surface area contributed by atoms with Gasteiger partial charge in [0, 0.05) is 12.3 Å². The van der Waals surface area contributed by atoms with Gasteiger partial charge in [-0.05, 0) is 43.2 Å². The third-order valence-corrected chi connectivity index (χ3v) is 2.72. The zero-order valence-corrected chi connectivity index (χ0v) is 10.2. The van der Waals surface area contributed by atoms with Gasteiger partial charge in [-0.15, -0.1) is 0 Å². The highest BCUT2D eigenvalue weighted by Crippen LogP contribution is 2.19. The van der Waals surface area contributed by atoms with Crippen LogP contribution < -0.4 is 10.3 Å². The normalized spacial score (nSPS) is 10.3. The summed E-state index contributed by atoms with van der Waals surface area (Å²) >= 11 is 0. The summed E-state index contributed by atoms with van der Waals surface area (Å²) in [5, 5.41) is 0. The monoisotopic (exact) mass is 229 g/mol. The fraction of sp³-hybridized carbons (Fsp3) is 0.214. The van der Waals surface area contributed by atoms with Crippen LogP contribution in [-0.2, 0) is 0 Å². The van der Waals surface area contributed by atoms with Crippen LogP contribution in [0.2, 0.25) is 0 Å². The maximum Gasteiger partial charge on any atom is 0.255 e. The van der Waals surface area contributed by atoms with Crippen molar-refractivity contribution in [1.82, 2.24) is 4.57 Å². The van der Waals surface area contributed by atoms with E-state index in [0.29, 0.717) is 0 Å². The number of methoxy groups -OCH3 is 1. The number of hydrogen-bond donors (Lipinski definition) is 0. The molecule has 1 aromatic carbocycles. The van der Waals surface area contributed by atoms with Crippen molar-refractivity contribution in [3.63, 3.8) is 0 Å². The Morgan fingerprint density at radius 3 is 2.53 bits per heavy atom. The van der Waals surface area contributed by atoms with Crippen LogP contribution in [0.5, 0.6) is 5.75 Å². The molecule has 0 amide bonds. The second kappa shape index (κ2) is 4.45. The number of rotatable bonds is 2. The number of nitrogens with zero attached hydrogens (tertiary/aromatic N) is 1. The molecule has 1 heterocycles. The zero-order valence-electron chi connectivity index (χ0n) is 10.2. The first-order chi connectivity index (χ1) is 8.11. The van der Waals surface area contributed by atoms with E-state index in [1.807, 2.05) is 44.3 Å². The third kappa shape index (κ3) is 2.23. The Kier molecular flexibility index (Phi) is 3.00. The lowest BCUT2D eigenvalue weighted by Crippen LogP contribution is -2.17. The standard InChI is InChI=1S/C14H15NO2/c1-10-4-7-14(16)15(9-10)13-6-5-12(17-3)8-11(13)2/h4-9H,1-3H3. The molecule has 0 aliphatic rings. The van der Waals surface area contributed by atoms with Crippen molar-refractivity contribution in [2.75, 3.05) is 7.11 Å². The summed E-state index contributed by atoms with van der Waals surface area (Å²) in [7, 11) is 1.63. The molecule has 0 fully saturated rings. The van der Waals surface area contributed by atoms with Gasteiger partial charge in [0.15, 0.2) is 0 Å². The molecule has 3 nitrogen and oxygen atoms in total. The van der Waals surface area contributed by atoms with Gasteiger partial charge in [0.25, 0.3) is 5.56 Å². The lowest BCUT2D eigenvalue weighted by Gasteiger charge is -2.11. The quantitative estimate of drug-likeness (QED) is 0.792. The van der Waals surface area contributed by atoms with E-state index in [1.165, 1.54) is 0 Å². The largest absolute Gasteiger partial charge is 0.497 e. The Hall–Kier alpha value is -2.03. The predicted octanol–water partition coefficient (Wildman–Crippen LogP) is 2.46. The van der Waals surface area contributed by atoms with Crippen molar-refractivity contribution in [3.8, 4) is 11.4 Å². The molecule has 0 bridgehead atoms. The van der Waals surface area contributed by atoms with Gasteiger partial charge in [-0.2, -0.15) is 0 Å². The van der Waals surface area contributed by atoms with Crippen molar-refractivity contribution in [1.29, 1.82) is 0 Å². The van der Waals surface area contributed by atoms with Crippen molar-refractivity contribution in [2.45, 2.75) is 13.8 Å². The second-order valence-electron chi connectivity index (χ2n) is 4.07. The van der Waals surface area contributed by atoms with Gasteiger partial charge >= 0.3 is 0 Å². The zero-order chi connectivity index (χ0) is 12.4. The first kappa shape index (κ1) is 11.5. The van der Waals surface area contributed by atoms with Crippen LogP contribution in [0.4, 0.5) is 0 Å². The molecule has 17 heavy (non-hydrogen) atoms. The summed E-state index contributed by atoms with van der Waals surface area (Å²) < 4.78 is 6.81. The maximum absolute atomic E-state index is 11.8. The second-order valence-corrected chi connectivity index (χ2v) is 4.07. The van der Waals surface area contributed by atoms with E-state index >= 15 is 0 Å². The summed E-state index contributed by atoms with van der Waals surface area (Å²) in [6.07, 6.45) is 1.84. The molecule has 3 heteroatoms. The Bertz CT molecular complexity index is 599. The number of aryl methyl sites for hydroxylation is 2. The van der Waals surface area contributed by atoms with Gasteiger partial charge in [-0.25, -0.2) is 0 Å². The molecule has 2 rings (SSSR count). The highest BCUT2D eigenvalue weighted by Gasteiger charge is 2.04. The molecule has 1 aromatic heterocycles. The average Bonchev–Trinajstić information content (AvgIpc) is 2.32. The highest BCUT2D eigenvalue weighted by atomic mass is 16.5. The van der Waals surface area contributed by atoms with Gasteiger partial charge in [-0.1, -0.05) is 6.07 Å². The van der Waals surface area contributed by atoms with E-state index in [1.54, 1.807) is 17.7 Å². The SMILES string of the molecule is COc1ccc(-n2cc(C)ccc2=O)c(C)c1. The van der Waals surface area contributed by atoms with Crippen LogP contribution in [-0.4, -0.2) is 11.7 Å². The third-order valence-electron chi connectivity index (χ3n) is 2.72. The van der Waals surface area contributed by atoms with E-state index in [4.69, 9.17) is 4.74 Å². The van der Waals surface area contributed by atoms with Crippen molar-refractivity contribution < 1.29 is 4.74 Å². The van der Waals surface area contributed by atoms with Crippen molar-refractivity contribution in [2.24, 2.45) is 0 Å². The molecule has 2 aromatic rings. The lowest BCUT2D eigenvalue weighted by atomic mass is 10.2. The van der Waals surface area contributed by atoms with E-state index in [0.717, 1.165) is 22.6 Å². The van der Waals surface area contributed by atoms with Crippen LogP contribution in [0.15, 0.2) is 41.3 Å². The molecular formula is C14H15NO2. The first-order valence-electron chi connectivity index (χ1n) is 5.46. The van der Waals surface area contributed by atoms with E-state index in [9.17, 15) is 4.79 Å². The molecule has 0 saturated heterocycles. The van der Waals surface area contributed by atoms with Crippen LogP contribution in [0.3, 0.4) is 0 Å². The summed E-state index contributed by atoms with van der Waals surface area (Å²) in [5.41, 5.74) is 2.93. The van der Waals surface area contributed by atoms with E-state index in [2.05, 4.69) is 0 Å². The van der Waals surface area contributed by atoms with E-state index < -0.39 is 0 Å². The number of hydrogen-bond acceptors (Lipinski definition) is 2. The van der Waals surface area contributed by atoms with Crippen LogP contribution in [0.1, 0.15) is 11.1 Å². The van der Waals surface area contributed by atoms with Gasteiger partial charge in [0.2, 0.25) is 0 Å². The molecule has 0 atom stereocenters. The Morgan fingerprint density at radius 1 is 1.12 bits per heavy atom. The molecule has 0 saturated carbocycles. The van der Waals surface area contributed by atoms with Gasteiger partial charge in [0.05, 0.1) is 12.8 Å². The van der Waals surface area contributed by atoms with Crippen LogP contribution in [0.25, 0.3) is 5.69 Å². The fourth-order valence-corrected chi connectivity index (χ4v) is 1.81. The fourth-order valence-electron chi connectivity index (χ4n) is 1.81. The molecule has 0 radical (unpaired) electrons. The number of pyridine rings is 1. The van der Waals surface area contributed by atoms with Gasteiger partial charge in [0.1, 0.15) is 5.75 Å². The molecule has 0 unspecified atom stereocenters. The van der Waals surface area contributed by atoms with Gasteiger partial charge in [-0.3, -0.25) is 9.36 Å². The summed E-state index contributed by atoms with van der Waals surface area (Å²) in [6.45, 7) is 3.93. The Balaban J connectivity index is 2.60. The molecule has 88 valence electrons. The topological polar surface area (TPSA) is 31.2 Å². The van der Waals surface area contributed by atoms with Crippen LogP contribution >= 0.6 is 0 Å². The Morgan fingerprint density at radius 2 is 1.88 bits per heavy atom.